The first-order valence-electron chi connectivity index (χ1n) is 7.95. The van der Waals surface area contributed by atoms with E-state index in [2.05, 4.69) is 52.0 Å². The molecule has 0 bridgehead atoms. The minimum atomic E-state index is 0.422. The van der Waals surface area contributed by atoms with Gasteiger partial charge in [0, 0.05) is 43.8 Å². The Bertz CT molecular complexity index is 507. The number of aryl methyl sites for hydroxylation is 1. The molecule has 114 valence electrons. The van der Waals surface area contributed by atoms with Gasteiger partial charge < -0.3 is 9.88 Å². The van der Waals surface area contributed by atoms with Gasteiger partial charge in [0.1, 0.15) is 5.82 Å². The molecule has 0 aliphatic rings. The maximum Gasteiger partial charge on any atom is 0.110 e. The average Bonchev–Trinajstić information content (AvgIpc) is 2.93. The van der Waals surface area contributed by atoms with Gasteiger partial charge in [0.05, 0.1) is 0 Å². The first-order valence-corrected chi connectivity index (χ1v) is 7.95. The van der Waals surface area contributed by atoms with Crippen molar-refractivity contribution in [2.75, 3.05) is 6.54 Å². The van der Waals surface area contributed by atoms with Crippen molar-refractivity contribution in [3.8, 4) is 0 Å². The van der Waals surface area contributed by atoms with Crippen LogP contribution in [0, 0.1) is 0 Å². The maximum atomic E-state index is 4.53. The fraction of sp³-hybridized carbons (Fsp3) is 0.529. The van der Waals surface area contributed by atoms with Crippen molar-refractivity contribution in [3.05, 3.63) is 48.3 Å². The van der Waals surface area contributed by atoms with E-state index < -0.39 is 0 Å². The van der Waals surface area contributed by atoms with E-state index in [1.165, 1.54) is 11.4 Å². The second kappa shape index (κ2) is 8.57. The summed E-state index contributed by atoms with van der Waals surface area (Å²) in [6.45, 7) is 6.50. The van der Waals surface area contributed by atoms with E-state index in [1.807, 2.05) is 18.6 Å². The van der Waals surface area contributed by atoms with E-state index in [-0.39, 0.29) is 0 Å². The van der Waals surface area contributed by atoms with Crippen LogP contribution in [0.5, 0.6) is 0 Å². The summed E-state index contributed by atoms with van der Waals surface area (Å²) in [6.07, 6.45) is 12.0. The van der Waals surface area contributed by atoms with Crippen LogP contribution < -0.4 is 5.32 Å². The lowest BCUT2D eigenvalue weighted by Crippen LogP contribution is -2.34. The second-order valence-electron chi connectivity index (χ2n) is 5.45. The third-order valence-corrected chi connectivity index (χ3v) is 3.61. The summed E-state index contributed by atoms with van der Waals surface area (Å²) in [5, 5.41) is 3.65. The lowest BCUT2D eigenvalue weighted by molar-refractivity contribution is 0.482. The minimum Gasteiger partial charge on any atom is -0.335 e. The molecule has 0 aromatic carbocycles. The summed E-state index contributed by atoms with van der Waals surface area (Å²) < 4.78 is 2.27. The molecule has 4 heteroatoms. The molecule has 0 fully saturated rings. The van der Waals surface area contributed by atoms with Crippen LogP contribution >= 0.6 is 0 Å². The molecular formula is C17H26N4. The van der Waals surface area contributed by atoms with E-state index in [1.54, 1.807) is 0 Å². The predicted octanol–water partition coefficient (Wildman–Crippen LogP) is 2.84. The molecule has 1 N–H and O–H groups in total. The molecule has 21 heavy (non-hydrogen) atoms. The summed E-state index contributed by atoms with van der Waals surface area (Å²) in [5.41, 5.74) is 1.33. The van der Waals surface area contributed by atoms with Crippen molar-refractivity contribution in [2.24, 2.45) is 0 Å². The first kappa shape index (κ1) is 15.7. The Morgan fingerprint density at radius 3 is 2.62 bits per heavy atom. The largest absolute Gasteiger partial charge is 0.335 e. The molecule has 1 atom stereocenters. The molecule has 2 heterocycles. The van der Waals surface area contributed by atoms with Crippen molar-refractivity contribution in [2.45, 2.75) is 52.1 Å². The fourth-order valence-corrected chi connectivity index (χ4v) is 2.56. The van der Waals surface area contributed by atoms with Crippen LogP contribution in [0.1, 0.15) is 38.1 Å². The van der Waals surface area contributed by atoms with Gasteiger partial charge in [0.25, 0.3) is 0 Å². The molecule has 0 spiro atoms. The van der Waals surface area contributed by atoms with Gasteiger partial charge in [-0.3, -0.25) is 4.98 Å². The molecule has 2 aromatic rings. The third-order valence-electron chi connectivity index (χ3n) is 3.61. The van der Waals surface area contributed by atoms with Gasteiger partial charge in [-0.05, 0) is 43.5 Å². The van der Waals surface area contributed by atoms with Crippen molar-refractivity contribution in [1.82, 2.24) is 19.9 Å². The van der Waals surface area contributed by atoms with Crippen LogP contribution in [0.25, 0.3) is 0 Å². The molecule has 0 saturated carbocycles. The van der Waals surface area contributed by atoms with E-state index in [0.29, 0.717) is 6.04 Å². The Balaban J connectivity index is 2.03. The number of imidazole rings is 1. The van der Waals surface area contributed by atoms with Crippen molar-refractivity contribution < 1.29 is 0 Å². The lowest BCUT2D eigenvalue weighted by Gasteiger charge is -2.19. The van der Waals surface area contributed by atoms with Crippen LogP contribution in [0.3, 0.4) is 0 Å². The molecule has 0 saturated heterocycles. The van der Waals surface area contributed by atoms with Crippen LogP contribution in [-0.4, -0.2) is 27.1 Å². The summed E-state index contributed by atoms with van der Waals surface area (Å²) >= 11 is 0. The Kier molecular flexibility index (Phi) is 6.41. The zero-order valence-corrected chi connectivity index (χ0v) is 13.1. The first-order chi connectivity index (χ1) is 10.3. The van der Waals surface area contributed by atoms with Gasteiger partial charge in [0.2, 0.25) is 0 Å². The smallest absolute Gasteiger partial charge is 0.110 e. The molecular weight excluding hydrogens is 260 g/mol. The van der Waals surface area contributed by atoms with Gasteiger partial charge >= 0.3 is 0 Å². The average molecular weight is 286 g/mol. The molecule has 2 rings (SSSR count). The molecule has 4 nitrogen and oxygen atoms in total. The second-order valence-corrected chi connectivity index (χ2v) is 5.45. The van der Waals surface area contributed by atoms with Crippen molar-refractivity contribution >= 4 is 0 Å². The van der Waals surface area contributed by atoms with Crippen LogP contribution in [-0.2, 0) is 19.4 Å². The van der Waals surface area contributed by atoms with Gasteiger partial charge in [0.15, 0.2) is 0 Å². The number of rotatable bonds is 9. The highest BCUT2D eigenvalue weighted by atomic mass is 15.1. The zero-order valence-electron chi connectivity index (χ0n) is 13.1. The van der Waals surface area contributed by atoms with E-state index in [9.17, 15) is 0 Å². The molecule has 0 aliphatic carbocycles. The summed E-state index contributed by atoms with van der Waals surface area (Å²) in [5.74, 6) is 1.18. The molecule has 1 unspecified atom stereocenters. The van der Waals surface area contributed by atoms with Gasteiger partial charge in [-0.25, -0.2) is 4.98 Å². The zero-order chi connectivity index (χ0) is 14.9. The number of aromatic nitrogens is 3. The molecule has 0 aliphatic heterocycles. The topological polar surface area (TPSA) is 42.7 Å². The molecule has 0 amide bonds. The van der Waals surface area contributed by atoms with Gasteiger partial charge in [-0.1, -0.05) is 13.8 Å². The van der Waals surface area contributed by atoms with Crippen molar-refractivity contribution in [3.63, 3.8) is 0 Å². The van der Waals surface area contributed by atoms with Crippen LogP contribution in [0.2, 0.25) is 0 Å². The Morgan fingerprint density at radius 2 is 1.90 bits per heavy atom. The Labute approximate surface area is 127 Å². The van der Waals surface area contributed by atoms with Gasteiger partial charge in [-0.15, -0.1) is 0 Å². The normalized spacial score (nSPS) is 12.5. The quantitative estimate of drug-likeness (QED) is 0.771. The number of nitrogens with one attached hydrogen (secondary N) is 1. The predicted molar refractivity (Wildman–Crippen MR) is 86.2 cm³/mol. The maximum absolute atomic E-state index is 4.53. The summed E-state index contributed by atoms with van der Waals surface area (Å²) in [6, 6.07) is 4.61. The summed E-state index contributed by atoms with van der Waals surface area (Å²) in [7, 11) is 0. The Hall–Kier alpha value is -1.68. The summed E-state index contributed by atoms with van der Waals surface area (Å²) in [4.78, 5) is 8.63. The minimum absolute atomic E-state index is 0.422. The van der Waals surface area contributed by atoms with Crippen LogP contribution in [0.15, 0.2) is 36.9 Å². The SMILES string of the molecule is CCCNC(Cc1ccncc1)Cc1nccn1CCC. The number of pyridine rings is 1. The third kappa shape index (κ3) is 4.97. The lowest BCUT2D eigenvalue weighted by atomic mass is 10.0. The Morgan fingerprint density at radius 1 is 1.10 bits per heavy atom. The molecule has 0 radical (unpaired) electrons. The number of nitrogens with zero attached hydrogens (tertiary/aromatic N) is 3. The van der Waals surface area contributed by atoms with E-state index in [4.69, 9.17) is 0 Å². The van der Waals surface area contributed by atoms with E-state index >= 15 is 0 Å². The van der Waals surface area contributed by atoms with Gasteiger partial charge in [-0.2, -0.15) is 0 Å². The number of hydrogen-bond acceptors (Lipinski definition) is 3. The van der Waals surface area contributed by atoms with Crippen LogP contribution in [0.4, 0.5) is 0 Å². The standard InChI is InChI=1S/C17H26N4/c1-3-7-19-16(13-15-5-8-18-9-6-15)14-17-20-10-12-21(17)11-4-2/h5-6,8-10,12,16,19H,3-4,7,11,13-14H2,1-2H3. The highest BCUT2D eigenvalue weighted by molar-refractivity contribution is 5.12. The highest BCUT2D eigenvalue weighted by Gasteiger charge is 2.13. The van der Waals surface area contributed by atoms with E-state index in [0.717, 1.165) is 38.8 Å². The van der Waals surface area contributed by atoms with Crippen molar-refractivity contribution in [1.29, 1.82) is 0 Å². The monoisotopic (exact) mass is 286 g/mol. The molecule has 2 aromatic heterocycles. The highest BCUT2D eigenvalue weighted by Crippen LogP contribution is 2.09. The fourth-order valence-electron chi connectivity index (χ4n) is 2.56. The number of hydrogen-bond donors (Lipinski definition) is 1.